The number of hydrogen-bond acceptors (Lipinski definition) is 8. The van der Waals surface area contributed by atoms with Crippen LogP contribution in [0.15, 0.2) is 0 Å². The predicted octanol–water partition coefficient (Wildman–Crippen LogP) is -4.04. The SMILES string of the molecule is CC([OH2+])CNCCN.CC([OH2+])CNCCN.O=S(=O)([O-])[O-].[Cu+2]. The zero-order chi connectivity index (χ0) is 17.3. The van der Waals surface area contributed by atoms with Crippen molar-refractivity contribution in [2.24, 2.45) is 11.5 Å². The summed E-state index contributed by atoms with van der Waals surface area (Å²) in [6.45, 7) is 8.16. The van der Waals surface area contributed by atoms with E-state index in [-0.39, 0.29) is 29.3 Å². The molecule has 0 fully saturated rings. The van der Waals surface area contributed by atoms with Crippen LogP contribution in [0.25, 0.3) is 0 Å². The van der Waals surface area contributed by atoms with E-state index in [0.717, 1.165) is 26.2 Å². The van der Waals surface area contributed by atoms with Crippen LogP contribution in [0.3, 0.4) is 0 Å². The standard InChI is InChI=1S/2C5H14N2O.Cu.H2O4S/c2*1-5(8)4-7-3-2-6;;1-5(2,3)4/h2*5,7-8H,2-4,6H2,1H3;;(H2,1,2,3,4)/q;;+2;. The molecule has 0 saturated carbocycles. The van der Waals surface area contributed by atoms with Crippen molar-refractivity contribution in [2.45, 2.75) is 26.1 Å². The van der Waals surface area contributed by atoms with E-state index in [1.54, 1.807) is 0 Å². The zero-order valence-electron chi connectivity index (χ0n) is 12.9. The number of rotatable bonds is 8. The van der Waals surface area contributed by atoms with E-state index in [0.29, 0.717) is 13.1 Å². The van der Waals surface area contributed by atoms with E-state index in [9.17, 15) is 0 Å². The summed E-state index contributed by atoms with van der Waals surface area (Å²) in [6.07, 6.45) is -0.0249. The molecule has 0 aromatic rings. The van der Waals surface area contributed by atoms with Gasteiger partial charge in [-0.1, -0.05) is 0 Å². The Morgan fingerprint density at radius 3 is 1.32 bits per heavy atom. The maximum Gasteiger partial charge on any atom is 2.00 e. The molecule has 2 unspecified atom stereocenters. The Morgan fingerprint density at radius 1 is 0.955 bits per heavy atom. The third-order valence-corrected chi connectivity index (χ3v) is 1.54. The second-order valence-electron chi connectivity index (χ2n) is 4.20. The largest absolute Gasteiger partial charge is 2.00 e. The quantitative estimate of drug-likeness (QED) is 0.104. The summed E-state index contributed by atoms with van der Waals surface area (Å²) in [5, 5.41) is 20.1. The summed E-state index contributed by atoms with van der Waals surface area (Å²) in [7, 11) is -5.17. The first-order valence-electron chi connectivity index (χ1n) is 6.45. The molecular formula is C10H30CuN4O6S+2. The number of hydrogen-bond donors (Lipinski definition) is 4. The minimum atomic E-state index is -5.17. The molecule has 0 aliphatic rings. The van der Waals surface area contributed by atoms with E-state index < -0.39 is 10.4 Å². The molecule has 0 spiro atoms. The van der Waals surface area contributed by atoms with Crippen LogP contribution in [-0.2, 0) is 27.5 Å². The van der Waals surface area contributed by atoms with Gasteiger partial charge in [0.05, 0.1) is 13.1 Å². The molecule has 1 radical (unpaired) electrons. The Morgan fingerprint density at radius 2 is 1.18 bits per heavy atom. The summed E-state index contributed by atoms with van der Waals surface area (Å²) < 4.78 is 34.1. The average molecular weight is 398 g/mol. The number of nitrogens with one attached hydrogen (secondary N) is 2. The van der Waals surface area contributed by atoms with Crippen molar-refractivity contribution in [3.05, 3.63) is 0 Å². The van der Waals surface area contributed by atoms with Crippen molar-refractivity contribution in [3.63, 3.8) is 0 Å². The minimum Gasteiger partial charge on any atom is -0.759 e. The van der Waals surface area contributed by atoms with Crippen LogP contribution in [-0.4, -0.2) is 79.2 Å². The van der Waals surface area contributed by atoms with E-state index >= 15 is 0 Å². The molecule has 0 aliphatic carbocycles. The molecule has 10 N–H and O–H groups in total. The molecule has 2 atom stereocenters. The second kappa shape index (κ2) is 21.1. The van der Waals surface area contributed by atoms with Gasteiger partial charge in [0.1, 0.15) is 0 Å². The predicted molar refractivity (Wildman–Crippen MR) is 80.5 cm³/mol. The van der Waals surface area contributed by atoms with Crippen molar-refractivity contribution >= 4 is 10.4 Å². The van der Waals surface area contributed by atoms with Gasteiger partial charge >= 0.3 is 17.1 Å². The van der Waals surface area contributed by atoms with Crippen LogP contribution in [0, 0.1) is 0 Å². The Bertz CT molecular complexity index is 271. The van der Waals surface area contributed by atoms with Crippen molar-refractivity contribution < 1.29 is 44.8 Å². The van der Waals surface area contributed by atoms with E-state index in [2.05, 4.69) is 10.6 Å². The molecule has 10 nitrogen and oxygen atoms in total. The summed E-state index contributed by atoms with van der Waals surface area (Å²) in [5.41, 5.74) is 10.4. The van der Waals surface area contributed by atoms with Gasteiger partial charge in [-0.15, -0.1) is 0 Å². The summed E-state index contributed by atoms with van der Waals surface area (Å²) >= 11 is 0. The van der Waals surface area contributed by atoms with E-state index in [1.807, 2.05) is 13.8 Å². The molecule has 0 amide bonds. The fourth-order valence-electron chi connectivity index (χ4n) is 0.841. The van der Waals surface area contributed by atoms with Gasteiger partial charge < -0.3 is 41.4 Å². The van der Waals surface area contributed by atoms with Gasteiger partial charge in [0.2, 0.25) is 0 Å². The van der Waals surface area contributed by atoms with Crippen molar-refractivity contribution in [3.8, 4) is 0 Å². The smallest absolute Gasteiger partial charge is 0.759 e. The molecule has 0 rings (SSSR count). The van der Waals surface area contributed by atoms with Crippen LogP contribution in [0.4, 0.5) is 0 Å². The Labute approximate surface area is 143 Å². The van der Waals surface area contributed by atoms with Crippen LogP contribution in [0.1, 0.15) is 13.8 Å². The van der Waals surface area contributed by atoms with Crippen LogP contribution >= 0.6 is 0 Å². The minimum absolute atomic E-state index is 0. The van der Waals surface area contributed by atoms with Crippen LogP contribution < -0.4 is 22.1 Å². The van der Waals surface area contributed by atoms with E-state index in [1.165, 1.54) is 0 Å². The molecule has 0 bridgehead atoms. The summed E-state index contributed by atoms with van der Waals surface area (Å²) in [6, 6.07) is 0. The van der Waals surface area contributed by atoms with Crippen LogP contribution in [0.5, 0.6) is 0 Å². The van der Waals surface area contributed by atoms with Gasteiger partial charge in [-0.05, 0) is 0 Å². The molecule has 0 aliphatic heterocycles. The Kier molecular flexibility index (Phi) is 28.9. The number of nitrogens with two attached hydrogens (primary N) is 2. The first kappa shape index (κ1) is 30.1. The van der Waals surface area contributed by atoms with Crippen LogP contribution in [0.2, 0.25) is 0 Å². The topological polar surface area (TPSA) is 202 Å². The Balaban J connectivity index is -0.000000111. The summed E-state index contributed by atoms with van der Waals surface area (Å²) in [5.74, 6) is 0. The third kappa shape index (κ3) is 71.7. The second-order valence-corrected chi connectivity index (χ2v) is 5.01. The first-order valence-corrected chi connectivity index (χ1v) is 7.78. The average Bonchev–Trinajstić information content (AvgIpc) is 2.27. The molecule has 0 aromatic carbocycles. The van der Waals surface area contributed by atoms with E-state index in [4.69, 9.17) is 39.2 Å². The van der Waals surface area contributed by atoms with Gasteiger partial charge in [-0.25, -0.2) is 0 Å². The zero-order valence-corrected chi connectivity index (χ0v) is 14.7. The fraction of sp³-hybridized carbons (Fsp3) is 1.00. The molecule has 12 heteroatoms. The normalized spacial score (nSPS) is 12.7. The molecule has 22 heavy (non-hydrogen) atoms. The fourth-order valence-corrected chi connectivity index (χ4v) is 0.841. The summed E-state index contributed by atoms with van der Waals surface area (Å²) in [4.78, 5) is 0. The van der Waals surface area contributed by atoms with Gasteiger partial charge in [0.25, 0.3) is 0 Å². The Hall–Kier alpha value is 0.149. The molecule has 0 saturated heterocycles. The van der Waals surface area contributed by atoms with Crippen molar-refractivity contribution in [1.82, 2.24) is 10.6 Å². The molecule has 0 heterocycles. The van der Waals surface area contributed by atoms with Gasteiger partial charge in [0.15, 0.2) is 12.2 Å². The van der Waals surface area contributed by atoms with Gasteiger partial charge in [-0.3, -0.25) is 8.42 Å². The monoisotopic (exact) mass is 397 g/mol. The maximum absolute atomic E-state index is 8.52. The maximum atomic E-state index is 8.52. The molecule has 141 valence electrons. The first-order chi connectivity index (χ1) is 9.54. The third-order valence-electron chi connectivity index (χ3n) is 1.54. The molecular weight excluding hydrogens is 368 g/mol. The van der Waals surface area contributed by atoms with Crippen molar-refractivity contribution in [1.29, 1.82) is 0 Å². The molecule has 0 aromatic heterocycles. The van der Waals surface area contributed by atoms with Gasteiger partial charge in [0, 0.05) is 50.4 Å². The van der Waals surface area contributed by atoms with Crippen molar-refractivity contribution in [2.75, 3.05) is 39.3 Å². The van der Waals surface area contributed by atoms with Gasteiger partial charge in [-0.2, -0.15) is 0 Å².